The van der Waals surface area contributed by atoms with E-state index >= 15 is 0 Å². The lowest BCUT2D eigenvalue weighted by Crippen LogP contribution is -2.37. The number of hydrogen-bond donors (Lipinski definition) is 2. The molecule has 0 spiro atoms. The number of methoxy groups -OCH3 is 1. The Balaban J connectivity index is 1.62. The molecule has 0 amide bonds. The summed E-state index contributed by atoms with van der Waals surface area (Å²) in [4.78, 5) is 4.14. The van der Waals surface area contributed by atoms with Crippen LogP contribution in [0, 0.1) is 5.82 Å². The van der Waals surface area contributed by atoms with Gasteiger partial charge in [-0.25, -0.2) is 4.39 Å². The number of ether oxygens (including phenoxy) is 2. The van der Waals surface area contributed by atoms with Crippen LogP contribution in [0.25, 0.3) is 0 Å². The third-order valence-electron chi connectivity index (χ3n) is 3.48. The molecule has 6 nitrogen and oxygen atoms in total. The number of hydrogen-bond acceptors (Lipinski definition) is 4. The maximum Gasteiger partial charge on any atom is 0.191 e. The molecule has 136 valence electrons. The smallest absolute Gasteiger partial charge is 0.191 e. The summed E-state index contributed by atoms with van der Waals surface area (Å²) < 4.78 is 29.3. The van der Waals surface area contributed by atoms with Gasteiger partial charge in [-0.15, -0.1) is 0 Å². The summed E-state index contributed by atoms with van der Waals surface area (Å²) in [5, 5.41) is 6.33. The molecule has 0 aliphatic carbocycles. The largest absolute Gasteiger partial charge is 0.494 e. The first-order valence-electron chi connectivity index (χ1n) is 8.10. The Labute approximate surface area is 147 Å². The number of aliphatic imine (C=N–C) groups is 1. The summed E-state index contributed by atoms with van der Waals surface area (Å²) in [5.41, 5.74) is 0.808. The van der Waals surface area contributed by atoms with Crippen LogP contribution in [0.2, 0.25) is 0 Å². The van der Waals surface area contributed by atoms with Gasteiger partial charge in [0.2, 0.25) is 0 Å². The Morgan fingerprint density at radius 1 is 1.28 bits per heavy atom. The number of guanidine groups is 1. The number of furan rings is 1. The molecular formula is C18H24FN3O3. The van der Waals surface area contributed by atoms with E-state index < -0.39 is 0 Å². The maximum atomic E-state index is 13.7. The lowest BCUT2D eigenvalue weighted by atomic mass is 10.2. The highest BCUT2D eigenvalue weighted by Gasteiger charge is 2.04. The van der Waals surface area contributed by atoms with E-state index in [4.69, 9.17) is 13.9 Å². The minimum absolute atomic E-state index is 0.237. The number of benzene rings is 1. The van der Waals surface area contributed by atoms with Crippen molar-refractivity contribution in [1.82, 2.24) is 10.6 Å². The molecule has 0 aliphatic heterocycles. The molecule has 1 heterocycles. The number of nitrogens with one attached hydrogen (secondary N) is 2. The van der Waals surface area contributed by atoms with E-state index in [0.29, 0.717) is 25.7 Å². The van der Waals surface area contributed by atoms with Gasteiger partial charge in [0, 0.05) is 26.7 Å². The molecule has 0 radical (unpaired) electrons. The van der Waals surface area contributed by atoms with Crippen LogP contribution in [0.4, 0.5) is 4.39 Å². The molecule has 2 rings (SSSR count). The molecule has 1 aromatic carbocycles. The highest BCUT2D eigenvalue weighted by atomic mass is 19.1. The van der Waals surface area contributed by atoms with Gasteiger partial charge < -0.3 is 24.5 Å². The molecule has 25 heavy (non-hydrogen) atoms. The van der Waals surface area contributed by atoms with Gasteiger partial charge in [0.05, 0.1) is 13.4 Å². The molecule has 0 saturated heterocycles. The summed E-state index contributed by atoms with van der Waals surface area (Å²) in [6, 6.07) is 8.59. The quantitative estimate of drug-likeness (QED) is 0.414. The zero-order valence-corrected chi connectivity index (χ0v) is 14.5. The fourth-order valence-electron chi connectivity index (χ4n) is 2.17. The van der Waals surface area contributed by atoms with E-state index in [0.717, 1.165) is 24.3 Å². The van der Waals surface area contributed by atoms with Gasteiger partial charge in [0.1, 0.15) is 12.4 Å². The van der Waals surface area contributed by atoms with E-state index in [1.54, 1.807) is 19.4 Å². The van der Waals surface area contributed by atoms with Gasteiger partial charge >= 0.3 is 0 Å². The molecule has 2 aromatic rings. The molecule has 0 saturated carbocycles. The highest BCUT2D eigenvalue weighted by Crippen LogP contribution is 2.17. The predicted octanol–water partition coefficient (Wildman–Crippen LogP) is 2.70. The van der Waals surface area contributed by atoms with E-state index in [1.807, 2.05) is 18.2 Å². The zero-order valence-electron chi connectivity index (χ0n) is 14.5. The predicted molar refractivity (Wildman–Crippen MR) is 94.1 cm³/mol. The van der Waals surface area contributed by atoms with Crippen LogP contribution >= 0.6 is 0 Å². The van der Waals surface area contributed by atoms with Crippen LogP contribution in [-0.2, 0) is 17.9 Å². The normalized spacial score (nSPS) is 11.4. The minimum Gasteiger partial charge on any atom is -0.494 e. The first kappa shape index (κ1) is 18.8. The van der Waals surface area contributed by atoms with Gasteiger partial charge in [0.25, 0.3) is 0 Å². The van der Waals surface area contributed by atoms with E-state index in [1.165, 1.54) is 13.2 Å². The highest BCUT2D eigenvalue weighted by molar-refractivity contribution is 5.79. The second-order valence-electron chi connectivity index (χ2n) is 5.31. The lowest BCUT2D eigenvalue weighted by Gasteiger charge is -2.12. The molecule has 0 fully saturated rings. The molecule has 0 atom stereocenters. The first-order chi connectivity index (χ1) is 12.2. The maximum absolute atomic E-state index is 13.7. The summed E-state index contributed by atoms with van der Waals surface area (Å²) in [7, 11) is 3.14. The molecule has 0 unspecified atom stereocenters. The van der Waals surface area contributed by atoms with Crippen LogP contribution < -0.4 is 15.4 Å². The fourth-order valence-corrected chi connectivity index (χ4v) is 2.17. The van der Waals surface area contributed by atoms with Crippen LogP contribution in [-0.4, -0.2) is 33.3 Å². The van der Waals surface area contributed by atoms with Gasteiger partial charge in [-0.2, -0.15) is 0 Å². The first-order valence-corrected chi connectivity index (χ1v) is 8.10. The van der Waals surface area contributed by atoms with Crippen molar-refractivity contribution in [3.8, 4) is 5.75 Å². The Bertz CT molecular complexity index is 660. The van der Waals surface area contributed by atoms with Crippen LogP contribution in [0.1, 0.15) is 17.7 Å². The molecular weight excluding hydrogens is 325 g/mol. The monoisotopic (exact) mass is 349 g/mol. The van der Waals surface area contributed by atoms with Gasteiger partial charge in [-0.1, -0.05) is 6.07 Å². The van der Waals surface area contributed by atoms with Crippen LogP contribution in [0.5, 0.6) is 5.75 Å². The molecule has 2 N–H and O–H groups in total. The SMILES string of the molecule is CN=C(NCCCOCc1ccco1)NCc1ccc(OC)c(F)c1. The lowest BCUT2D eigenvalue weighted by molar-refractivity contribution is 0.105. The third-order valence-corrected chi connectivity index (χ3v) is 3.48. The summed E-state index contributed by atoms with van der Waals surface area (Å²) in [5.74, 6) is 1.33. The van der Waals surface area contributed by atoms with Crippen molar-refractivity contribution in [3.63, 3.8) is 0 Å². The van der Waals surface area contributed by atoms with E-state index in [9.17, 15) is 4.39 Å². The molecule has 0 bridgehead atoms. The Hall–Kier alpha value is -2.54. The van der Waals surface area contributed by atoms with E-state index in [-0.39, 0.29) is 11.6 Å². The number of nitrogens with zero attached hydrogens (tertiary/aromatic N) is 1. The van der Waals surface area contributed by atoms with Crippen molar-refractivity contribution in [3.05, 3.63) is 53.7 Å². The topological polar surface area (TPSA) is 68.0 Å². The number of halogens is 1. The van der Waals surface area contributed by atoms with Crippen molar-refractivity contribution < 1.29 is 18.3 Å². The summed E-state index contributed by atoms with van der Waals surface area (Å²) >= 11 is 0. The Morgan fingerprint density at radius 3 is 2.84 bits per heavy atom. The molecule has 7 heteroatoms. The average Bonchev–Trinajstić information content (AvgIpc) is 3.14. The van der Waals surface area contributed by atoms with Gasteiger partial charge in [-0.3, -0.25) is 4.99 Å². The second kappa shape index (κ2) is 10.4. The molecule has 1 aromatic heterocycles. The summed E-state index contributed by atoms with van der Waals surface area (Å²) in [6.45, 7) is 2.28. The number of rotatable bonds is 9. The summed E-state index contributed by atoms with van der Waals surface area (Å²) in [6.07, 6.45) is 2.46. The third kappa shape index (κ3) is 6.46. The Kier molecular flexibility index (Phi) is 7.78. The van der Waals surface area contributed by atoms with Gasteiger partial charge in [-0.05, 0) is 36.2 Å². The van der Waals surface area contributed by atoms with Crippen molar-refractivity contribution in [1.29, 1.82) is 0 Å². The van der Waals surface area contributed by atoms with Crippen LogP contribution in [0.3, 0.4) is 0 Å². The van der Waals surface area contributed by atoms with Crippen molar-refractivity contribution in [2.75, 3.05) is 27.3 Å². The second-order valence-corrected chi connectivity index (χ2v) is 5.31. The van der Waals surface area contributed by atoms with Crippen molar-refractivity contribution in [2.45, 2.75) is 19.6 Å². The van der Waals surface area contributed by atoms with Gasteiger partial charge in [0.15, 0.2) is 17.5 Å². The average molecular weight is 349 g/mol. The van der Waals surface area contributed by atoms with Crippen molar-refractivity contribution >= 4 is 5.96 Å². The van der Waals surface area contributed by atoms with E-state index in [2.05, 4.69) is 15.6 Å². The zero-order chi connectivity index (χ0) is 17.9. The van der Waals surface area contributed by atoms with Crippen molar-refractivity contribution in [2.24, 2.45) is 4.99 Å². The fraction of sp³-hybridized carbons (Fsp3) is 0.389. The van der Waals surface area contributed by atoms with Crippen LogP contribution in [0.15, 0.2) is 46.0 Å². The minimum atomic E-state index is -0.376. The molecule has 0 aliphatic rings. The standard InChI is InChI=1S/C18H24FN3O3/c1-20-18(21-8-4-9-24-13-15-5-3-10-25-15)22-12-14-6-7-17(23-2)16(19)11-14/h3,5-7,10-11H,4,8-9,12-13H2,1-2H3,(H2,20,21,22). The Morgan fingerprint density at radius 2 is 2.16 bits per heavy atom.